The molecule has 0 aromatic carbocycles. The molecule has 3 N–H and O–H groups in total. The molecule has 0 aromatic heterocycles. The molecule has 5 nitrogen and oxygen atoms in total. The van der Waals surface area contributed by atoms with E-state index in [0.29, 0.717) is 24.2 Å². The smallest absolute Gasteiger partial charge is 0.220 e. The fraction of sp³-hybridized carbons (Fsp3) is 0.972. The number of carbonyl (C=O) groups excluding carboxylic acids is 1. The Balaban J connectivity index is 1.38. The van der Waals surface area contributed by atoms with Crippen molar-refractivity contribution in [3.63, 3.8) is 0 Å². The molecule has 0 unspecified atom stereocenters. The molecule has 1 amide bonds. The first-order chi connectivity index (χ1) is 18.9. The molecule has 1 aliphatic heterocycles. The van der Waals surface area contributed by atoms with E-state index in [1.54, 1.807) is 0 Å². The molecule has 5 rings (SSSR count). The molecule has 5 heteroatoms. The van der Waals surface area contributed by atoms with Crippen LogP contribution in [0.2, 0.25) is 0 Å². The molecule has 11 atom stereocenters. The summed E-state index contributed by atoms with van der Waals surface area (Å²) >= 11 is 0. The van der Waals surface area contributed by atoms with Crippen LogP contribution in [-0.2, 0) is 9.53 Å². The van der Waals surface area contributed by atoms with Gasteiger partial charge in [0.2, 0.25) is 5.91 Å². The Morgan fingerprint density at radius 2 is 1.59 bits per heavy atom. The highest BCUT2D eigenvalue weighted by molar-refractivity contribution is 5.76. The molecule has 236 valence electrons. The van der Waals surface area contributed by atoms with Gasteiger partial charge in [0.25, 0.3) is 0 Å². The number of aliphatic hydroxyl groups is 2. The summed E-state index contributed by atoms with van der Waals surface area (Å²) in [7, 11) is 0. The predicted octanol–water partition coefficient (Wildman–Crippen LogP) is 7.42. The van der Waals surface area contributed by atoms with Crippen LogP contribution in [0.15, 0.2) is 0 Å². The van der Waals surface area contributed by atoms with Crippen LogP contribution in [0.4, 0.5) is 0 Å². The Morgan fingerprint density at radius 1 is 0.902 bits per heavy atom. The molecule has 5 fully saturated rings. The zero-order valence-electron chi connectivity index (χ0n) is 27.9. The second-order valence-electron chi connectivity index (χ2n) is 17.5. The van der Waals surface area contributed by atoms with Crippen molar-refractivity contribution >= 4 is 5.91 Å². The Hall–Kier alpha value is -0.650. The van der Waals surface area contributed by atoms with Gasteiger partial charge in [0.15, 0.2) is 0 Å². The van der Waals surface area contributed by atoms with Crippen molar-refractivity contribution in [1.82, 2.24) is 5.32 Å². The summed E-state index contributed by atoms with van der Waals surface area (Å²) in [5.74, 6) is 1.81. The van der Waals surface area contributed by atoms with Crippen molar-refractivity contribution in [2.24, 2.45) is 45.3 Å². The molecular weight excluding hydrogens is 510 g/mol. The predicted molar refractivity (Wildman–Crippen MR) is 165 cm³/mol. The highest BCUT2D eigenvalue weighted by atomic mass is 16.5. The van der Waals surface area contributed by atoms with Gasteiger partial charge < -0.3 is 20.3 Å². The molecule has 4 aliphatic carbocycles. The first-order valence-corrected chi connectivity index (χ1v) is 17.3. The topological polar surface area (TPSA) is 78.8 Å². The van der Waals surface area contributed by atoms with Crippen molar-refractivity contribution < 1.29 is 19.7 Å². The van der Waals surface area contributed by atoms with E-state index in [0.717, 1.165) is 64.2 Å². The fourth-order valence-electron chi connectivity index (χ4n) is 12.1. The van der Waals surface area contributed by atoms with Crippen LogP contribution < -0.4 is 5.32 Å². The van der Waals surface area contributed by atoms with Crippen LogP contribution in [-0.4, -0.2) is 45.6 Å². The summed E-state index contributed by atoms with van der Waals surface area (Å²) in [6, 6.07) is 0.231. The fourth-order valence-corrected chi connectivity index (χ4v) is 12.1. The minimum absolute atomic E-state index is 0.0347. The third-order valence-electron chi connectivity index (χ3n) is 14.7. The lowest BCUT2D eigenvalue weighted by atomic mass is 9.35. The van der Waals surface area contributed by atoms with E-state index < -0.39 is 5.60 Å². The average Bonchev–Trinajstić information content (AvgIpc) is 3.46. The van der Waals surface area contributed by atoms with Gasteiger partial charge in [-0.15, -0.1) is 0 Å². The van der Waals surface area contributed by atoms with E-state index in [9.17, 15) is 15.0 Å². The van der Waals surface area contributed by atoms with Crippen molar-refractivity contribution in [2.45, 2.75) is 175 Å². The van der Waals surface area contributed by atoms with Gasteiger partial charge >= 0.3 is 0 Å². The first-order valence-electron chi connectivity index (χ1n) is 17.3. The number of nitrogens with one attached hydrogen (secondary N) is 1. The highest BCUT2D eigenvalue weighted by Crippen LogP contribution is 2.76. The van der Waals surface area contributed by atoms with E-state index in [-0.39, 0.29) is 57.3 Å². The van der Waals surface area contributed by atoms with Crippen molar-refractivity contribution in [1.29, 1.82) is 0 Å². The van der Waals surface area contributed by atoms with Crippen molar-refractivity contribution in [3.8, 4) is 0 Å². The molecule has 41 heavy (non-hydrogen) atoms. The maximum Gasteiger partial charge on any atom is 0.220 e. The summed E-state index contributed by atoms with van der Waals surface area (Å²) in [5, 5.41) is 26.3. The minimum atomic E-state index is -0.838. The van der Waals surface area contributed by atoms with Crippen LogP contribution in [0.1, 0.15) is 146 Å². The van der Waals surface area contributed by atoms with Crippen molar-refractivity contribution in [3.05, 3.63) is 0 Å². The van der Waals surface area contributed by atoms with Gasteiger partial charge in [0, 0.05) is 12.5 Å². The maximum absolute atomic E-state index is 12.9. The van der Waals surface area contributed by atoms with E-state index in [1.165, 1.54) is 12.8 Å². The van der Waals surface area contributed by atoms with Gasteiger partial charge in [-0.3, -0.25) is 4.79 Å². The van der Waals surface area contributed by atoms with E-state index in [1.807, 2.05) is 13.8 Å². The standard InChI is InChI=1S/C36H63NO4/c1-10-11-12-13-29(39)37-27-16-18-33(6)25(31(27,2)3)15-20-34(7)26(33)22-24(38)30-23(14-19-35(30,34)8)36(9)21-17-28(41-36)32(4,5)40/h23-28,30,38,40H,10-22H2,1-9H3,(H,37,39)/t23-,24+,25-,26+,27-,28+,30-,33-,34+,35+,36-/m0/s1. The Bertz CT molecular complexity index is 989. The zero-order chi connectivity index (χ0) is 30.2. The van der Waals surface area contributed by atoms with Crippen LogP contribution in [0, 0.1) is 45.3 Å². The first kappa shape index (κ1) is 31.8. The minimum Gasteiger partial charge on any atom is -0.393 e. The summed E-state index contributed by atoms with van der Waals surface area (Å²) < 4.78 is 6.72. The van der Waals surface area contributed by atoms with Gasteiger partial charge in [-0.05, 0) is 130 Å². The van der Waals surface area contributed by atoms with E-state index in [4.69, 9.17) is 4.74 Å². The third kappa shape index (κ3) is 4.85. The Kier molecular flexibility index (Phi) is 8.11. The Morgan fingerprint density at radius 3 is 2.22 bits per heavy atom. The Labute approximate surface area is 251 Å². The maximum atomic E-state index is 12.9. The third-order valence-corrected chi connectivity index (χ3v) is 14.7. The molecule has 1 saturated heterocycles. The SMILES string of the molecule is CCCCCC(=O)N[C@H]1CC[C@]2(C)[C@H]3C[C@@H](O)[C@@H]4[C@@H]([C@]5(C)CC[C@H](C(C)(C)O)O5)CC[C@@]4(C)[C@]3(C)CC[C@H]2C1(C)C. The molecule has 0 radical (unpaired) electrons. The van der Waals surface area contributed by atoms with E-state index >= 15 is 0 Å². The number of fused-ring (bicyclic) bond motifs is 5. The quantitative estimate of drug-likeness (QED) is 0.277. The van der Waals surface area contributed by atoms with Crippen LogP contribution in [0.5, 0.6) is 0 Å². The lowest BCUT2D eigenvalue weighted by molar-refractivity contribution is -0.240. The second kappa shape index (κ2) is 10.5. The van der Waals surface area contributed by atoms with Crippen LogP contribution in [0.25, 0.3) is 0 Å². The summed E-state index contributed by atoms with van der Waals surface area (Å²) in [6.45, 7) is 20.7. The number of amides is 1. The number of carbonyl (C=O) groups is 1. The number of hydrogen-bond donors (Lipinski definition) is 3. The lowest BCUT2D eigenvalue weighted by Gasteiger charge is -2.71. The second-order valence-corrected chi connectivity index (χ2v) is 17.5. The lowest BCUT2D eigenvalue weighted by Crippen LogP contribution is -2.67. The number of rotatable bonds is 7. The summed E-state index contributed by atoms with van der Waals surface area (Å²) in [4.78, 5) is 12.9. The summed E-state index contributed by atoms with van der Waals surface area (Å²) in [6.07, 6.45) is 13.0. The number of hydrogen-bond acceptors (Lipinski definition) is 4. The van der Waals surface area contributed by atoms with Crippen LogP contribution in [0.3, 0.4) is 0 Å². The monoisotopic (exact) mass is 573 g/mol. The molecule has 1 heterocycles. The average molecular weight is 574 g/mol. The van der Waals surface area contributed by atoms with Gasteiger partial charge in [-0.25, -0.2) is 0 Å². The molecule has 0 spiro atoms. The van der Waals surface area contributed by atoms with Gasteiger partial charge in [-0.2, -0.15) is 0 Å². The summed E-state index contributed by atoms with van der Waals surface area (Å²) in [5.41, 5.74) is -0.682. The zero-order valence-corrected chi connectivity index (χ0v) is 27.9. The number of unbranched alkanes of at least 4 members (excludes halogenated alkanes) is 2. The normalized spacial score (nSPS) is 49.2. The van der Waals surface area contributed by atoms with Gasteiger partial charge in [0.05, 0.1) is 23.4 Å². The molecule has 0 aromatic rings. The van der Waals surface area contributed by atoms with Crippen LogP contribution >= 0.6 is 0 Å². The van der Waals surface area contributed by atoms with Gasteiger partial charge in [0.1, 0.15) is 0 Å². The molecule has 0 bridgehead atoms. The number of aliphatic hydroxyl groups excluding tert-OH is 1. The number of ether oxygens (including phenoxy) is 1. The highest BCUT2D eigenvalue weighted by Gasteiger charge is 2.72. The van der Waals surface area contributed by atoms with E-state index in [2.05, 4.69) is 53.8 Å². The molecular formula is C36H63NO4. The molecule has 4 saturated carbocycles. The van der Waals surface area contributed by atoms with Crippen molar-refractivity contribution in [2.75, 3.05) is 0 Å². The largest absolute Gasteiger partial charge is 0.393 e. The van der Waals surface area contributed by atoms with Gasteiger partial charge in [-0.1, -0.05) is 54.4 Å². The molecule has 5 aliphatic rings.